The van der Waals surface area contributed by atoms with E-state index >= 15 is 0 Å². The van der Waals surface area contributed by atoms with Crippen molar-refractivity contribution in [3.05, 3.63) is 79.0 Å². The van der Waals surface area contributed by atoms with Crippen molar-refractivity contribution >= 4 is 21.7 Å². The van der Waals surface area contributed by atoms with Crippen molar-refractivity contribution in [3.63, 3.8) is 0 Å². The largest absolute Gasteiger partial charge is 0.256 e. The van der Waals surface area contributed by atoms with Gasteiger partial charge in [0.2, 0.25) is 0 Å². The molecular formula is C19H12N. The molecule has 93 valence electrons. The molecule has 0 aliphatic heterocycles. The first kappa shape index (κ1) is 11.2. The Kier molecular flexibility index (Phi) is 2.49. The molecule has 4 rings (SSSR count). The number of nitrogens with zero attached hydrogens (tertiary/aromatic N) is 1. The van der Waals surface area contributed by atoms with Crippen molar-refractivity contribution in [2.75, 3.05) is 0 Å². The number of hydrogen-bond donors (Lipinski definition) is 0. The summed E-state index contributed by atoms with van der Waals surface area (Å²) in [5, 5.41) is 3.60. The van der Waals surface area contributed by atoms with Crippen LogP contribution in [0.4, 0.5) is 0 Å². The van der Waals surface area contributed by atoms with Gasteiger partial charge >= 0.3 is 0 Å². The van der Waals surface area contributed by atoms with Gasteiger partial charge in [-0.15, -0.1) is 0 Å². The highest BCUT2D eigenvalue weighted by Gasteiger charge is 2.03. The van der Waals surface area contributed by atoms with Crippen molar-refractivity contribution in [2.24, 2.45) is 0 Å². The van der Waals surface area contributed by atoms with Gasteiger partial charge < -0.3 is 0 Å². The maximum Gasteiger partial charge on any atom is 0.0780 e. The fraction of sp³-hybridized carbons (Fsp3) is 0. The van der Waals surface area contributed by atoms with Crippen molar-refractivity contribution in [1.82, 2.24) is 4.98 Å². The van der Waals surface area contributed by atoms with E-state index in [4.69, 9.17) is 0 Å². The monoisotopic (exact) mass is 254 g/mol. The lowest BCUT2D eigenvalue weighted by atomic mass is 9.99. The van der Waals surface area contributed by atoms with E-state index in [-0.39, 0.29) is 0 Å². The van der Waals surface area contributed by atoms with Gasteiger partial charge in [0.15, 0.2) is 0 Å². The Morgan fingerprint density at radius 2 is 1.75 bits per heavy atom. The lowest BCUT2D eigenvalue weighted by Crippen LogP contribution is -1.83. The van der Waals surface area contributed by atoms with E-state index in [0.717, 1.165) is 5.52 Å². The molecule has 0 saturated carbocycles. The highest BCUT2D eigenvalue weighted by atomic mass is 14.6. The molecule has 0 aliphatic rings. The standard InChI is InChI=1S/C19H12N/c1-2-5-14(6-3-1)16-10-11-18-17(13-16)9-8-15-7-4-12-20-19(15)18/h1-2,4-13H. The zero-order chi connectivity index (χ0) is 13.4. The van der Waals surface area contributed by atoms with Crippen molar-refractivity contribution in [2.45, 2.75) is 0 Å². The van der Waals surface area contributed by atoms with Gasteiger partial charge in [-0.05, 0) is 40.8 Å². The first-order valence-corrected chi connectivity index (χ1v) is 6.66. The summed E-state index contributed by atoms with van der Waals surface area (Å²) in [7, 11) is 0. The van der Waals surface area contributed by atoms with Crippen LogP contribution in [0.5, 0.6) is 0 Å². The van der Waals surface area contributed by atoms with Crippen LogP contribution in [0.15, 0.2) is 72.9 Å². The summed E-state index contributed by atoms with van der Waals surface area (Å²) in [5.74, 6) is 0. The maximum absolute atomic E-state index is 4.51. The lowest BCUT2D eigenvalue weighted by molar-refractivity contribution is 1.43. The summed E-state index contributed by atoms with van der Waals surface area (Å²) >= 11 is 0. The average Bonchev–Trinajstić information content (AvgIpc) is 2.55. The van der Waals surface area contributed by atoms with Crippen LogP contribution in [0, 0.1) is 6.07 Å². The molecule has 0 unspecified atom stereocenters. The second kappa shape index (κ2) is 4.46. The van der Waals surface area contributed by atoms with Crippen LogP contribution < -0.4 is 0 Å². The van der Waals surface area contributed by atoms with Gasteiger partial charge in [-0.2, -0.15) is 0 Å². The van der Waals surface area contributed by atoms with Crippen LogP contribution in [0.1, 0.15) is 0 Å². The van der Waals surface area contributed by atoms with Crippen molar-refractivity contribution in [3.8, 4) is 11.1 Å². The number of fused-ring (bicyclic) bond motifs is 3. The Balaban J connectivity index is 1.99. The minimum Gasteiger partial charge on any atom is -0.256 e. The zero-order valence-electron chi connectivity index (χ0n) is 10.9. The number of aromatic nitrogens is 1. The normalized spacial score (nSPS) is 11.0. The Morgan fingerprint density at radius 1 is 0.800 bits per heavy atom. The zero-order valence-corrected chi connectivity index (χ0v) is 10.9. The van der Waals surface area contributed by atoms with Gasteiger partial charge in [-0.25, -0.2) is 0 Å². The lowest BCUT2D eigenvalue weighted by Gasteiger charge is -2.06. The Morgan fingerprint density at radius 3 is 2.65 bits per heavy atom. The maximum atomic E-state index is 4.51. The topological polar surface area (TPSA) is 12.9 Å². The minimum absolute atomic E-state index is 1.07. The van der Waals surface area contributed by atoms with Crippen LogP contribution in [-0.4, -0.2) is 4.98 Å². The molecule has 0 saturated heterocycles. The van der Waals surface area contributed by atoms with Crippen LogP contribution in [0.2, 0.25) is 0 Å². The Hall–Kier alpha value is -2.67. The summed E-state index contributed by atoms with van der Waals surface area (Å²) < 4.78 is 0. The van der Waals surface area contributed by atoms with E-state index in [9.17, 15) is 0 Å². The third kappa shape index (κ3) is 1.76. The molecule has 0 aliphatic carbocycles. The van der Waals surface area contributed by atoms with Gasteiger partial charge in [-0.1, -0.05) is 48.5 Å². The summed E-state index contributed by atoms with van der Waals surface area (Å²) in [6.45, 7) is 0. The van der Waals surface area contributed by atoms with Crippen LogP contribution >= 0.6 is 0 Å². The molecule has 0 bridgehead atoms. The summed E-state index contributed by atoms with van der Waals surface area (Å²) in [6.07, 6.45) is 1.85. The fourth-order valence-electron chi connectivity index (χ4n) is 2.63. The molecule has 1 aromatic heterocycles. The van der Waals surface area contributed by atoms with Crippen molar-refractivity contribution in [1.29, 1.82) is 0 Å². The second-order valence-electron chi connectivity index (χ2n) is 4.87. The number of benzene rings is 3. The van der Waals surface area contributed by atoms with Gasteiger partial charge in [0.1, 0.15) is 0 Å². The molecule has 1 radical (unpaired) electrons. The van der Waals surface area contributed by atoms with Crippen LogP contribution in [-0.2, 0) is 0 Å². The Labute approximate surface area is 117 Å². The molecule has 0 fully saturated rings. The second-order valence-corrected chi connectivity index (χ2v) is 4.87. The third-order valence-electron chi connectivity index (χ3n) is 3.63. The molecule has 0 amide bonds. The van der Waals surface area contributed by atoms with Crippen molar-refractivity contribution < 1.29 is 0 Å². The third-order valence-corrected chi connectivity index (χ3v) is 3.63. The molecule has 4 aromatic rings. The molecule has 0 atom stereocenters. The van der Waals surface area contributed by atoms with E-state index in [2.05, 4.69) is 53.5 Å². The van der Waals surface area contributed by atoms with E-state index in [1.807, 2.05) is 30.5 Å². The highest BCUT2D eigenvalue weighted by Crippen LogP contribution is 2.28. The van der Waals surface area contributed by atoms with Gasteiger partial charge in [0.05, 0.1) is 5.52 Å². The molecule has 1 nitrogen and oxygen atoms in total. The molecule has 1 heterocycles. The average molecular weight is 254 g/mol. The number of rotatable bonds is 1. The van der Waals surface area contributed by atoms with Crippen LogP contribution in [0.3, 0.4) is 0 Å². The molecule has 0 spiro atoms. The SMILES string of the molecule is [c]1cccc(-c2ccc3c(ccc4cccnc43)c2)c1. The summed E-state index contributed by atoms with van der Waals surface area (Å²) in [5.41, 5.74) is 3.47. The van der Waals surface area contributed by atoms with E-state index in [1.165, 1.54) is 27.3 Å². The van der Waals surface area contributed by atoms with Gasteiger partial charge in [0, 0.05) is 17.0 Å². The molecule has 3 aromatic carbocycles. The van der Waals surface area contributed by atoms with Crippen LogP contribution in [0.25, 0.3) is 32.8 Å². The Bertz CT molecular complexity index is 895. The van der Waals surface area contributed by atoms with E-state index in [1.54, 1.807) is 0 Å². The quantitative estimate of drug-likeness (QED) is 0.442. The fourth-order valence-corrected chi connectivity index (χ4v) is 2.63. The predicted octanol–water partition coefficient (Wildman–Crippen LogP) is 4.86. The van der Waals surface area contributed by atoms with Gasteiger partial charge in [0.25, 0.3) is 0 Å². The molecular weight excluding hydrogens is 242 g/mol. The highest BCUT2D eigenvalue weighted by molar-refractivity contribution is 6.06. The molecule has 0 N–H and O–H groups in total. The smallest absolute Gasteiger partial charge is 0.0780 e. The molecule has 20 heavy (non-hydrogen) atoms. The summed E-state index contributed by atoms with van der Waals surface area (Å²) in [6, 6.07) is 26.1. The number of hydrogen-bond acceptors (Lipinski definition) is 1. The molecule has 1 heteroatoms. The van der Waals surface area contributed by atoms with E-state index in [0.29, 0.717) is 0 Å². The minimum atomic E-state index is 1.07. The van der Waals surface area contributed by atoms with E-state index < -0.39 is 0 Å². The predicted molar refractivity (Wildman–Crippen MR) is 83.5 cm³/mol. The number of pyridine rings is 1. The first-order valence-electron chi connectivity index (χ1n) is 6.66. The summed E-state index contributed by atoms with van der Waals surface area (Å²) in [4.78, 5) is 4.51. The van der Waals surface area contributed by atoms with Gasteiger partial charge in [-0.3, -0.25) is 4.98 Å². The first-order chi connectivity index (χ1) is 9.92.